The van der Waals surface area contributed by atoms with Gasteiger partial charge in [0.15, 0.2) is 0 Å². The molecule has 1 amide bonds. The van der Waals surface area contributed by atoms with Crippen molar-refractivity contribution in [2.24, 2.45) is 11.8 Å². The second-order valence-electron chi connectivity index (χ2n) is 7.67. The molecular formula is C19H22BrNO3. The van der Waals surface area contributed by atoms with Crippen molar-refractivity contribution in [1.29, 1.82) is 0 Å². The Labute approximate surface area is 150 Å². The van der Waals surface area contributed by atoms with Crippen molar-refractivity contribution in [3.05, 3.63) is 33.8 Å². The van der Waals surface area contributed by atoms with E-state index in [0.717, 1.165) is 30.2 Å². The standard InChI is InChI=1S/C19H22BrNO3/c1-11-2-3-13(18(23)24)10-21(11)17(22)16-9-19(16)7-6-12-8-14(20)4-5-15(12)19/h4-5,8,11,13,16H,2-3,6-7,9-10H2,1H3,(H,23,24). The highest BCUT2D eigenvalue weighted by Crippen LogP contribution is 2.62. The van der Waals surface area contributed by atoms with E-state index >= 15 is 0 Å². The summed E-state index contributed by atoms with van der Waals surface area (Å²) in [6.45, 7) is 2.42. The fraction of sp³-hybridized carbons (Fsp3) is 0.579. The first-order chi connectivity index (χ1) is 11.4. The number of fused-ring (bicyclic) bond motifs is 2. The number of carboxylic acid groups (broad SMARTS) is 1. The minimum Gasteiger partial charge on any atom is -0.481 e. The van der Waals surface area contributed by atoms with Gasteiger partial charge in [0.25, 0.3) is 0 Å². The molecule has 0 radical (unpaired) electrons. The van der Waals surface area contributed by atoms with Gasteiger partial charge in [-0.05, 0) is 62.3 Å². The summed E-state index contributed by atoms with van der Waals surface area (Å²) in [6.07, 6.45) is 4.45. The maximum absolute atomic E-state index is 13.1. The number of nitrogens with zero attached hydrogens (tertiary/aromatic N) is 1. The van der Waals surface area contributed by atoms with Crippen LogP contribution in [0, 0.1) is 11.8 Å². The van der Waals surface area contributed by atoms with Gasteiger partial charge < -0.3 is 10.0 Å². The van der Waals surface area contributed by atoms with Crippen molar-refractivity contribution < 1.29 is 14.7 Å². The first kappa shape index (κ1) is 16.1. The van der Waals surface area contributed by atoms with Gasteiger partial charge in [-0.3, -0.25) is 9.59 Å². The van der Waals surface area contributed by atoms with Crippen LogP contribution in [0.2, 0.25) is 0 Å². The van der Waals surface area contributed by atoms with Gasteiger partial charge in [0, 0.05) is 28.4 Å². The number of hydrogen-bond acceptors (Lipinski definition) is 2. The molecule has 4 nitrogen and oxygen atoms in total. The number of likely N-dealkylation sites (tertiary alicyclic amines) is 1. The Morgan fingerprint density at radius 1 is 1.33 bits per heavy atom. The van der Waals surface area contributed by atoms with Gasteiger partial charge in [-0.1, -0.05) is 22.0 Å². The number of benzene rings is 1. The van der Waals surface area contributed by atoms with E-state index < -0.39 is 11.9 Å². The Morgan fingerprint density at radius 2 is 2.12 bits per heavy atom. The first-order valence-corrected chi connectivity index (χ1v) is 9.54. The highest BCUT2D eigenvalue weighted by atomic mass is 79.9. The molecule has 5 heteroatoms. The zero-order valence-electron chi connectivity index (χ0n) is 13.8. The molecule has 128 valence electrons. The highest BCUT2D eigenvalue weighted by Gasteiger charge is 2.62. The van der Waals surface area contributed by atoms with Crippen LogP contribution in [0.3, 0.4) is 0 Å². The molecule has 2 fully saturated rings. The number of halogens is 1. The summed E-state index contributed by atoms with van der Waals surface area (Å²) in [4.78, 5) is 26.3. The number of amides is 1. The van der Waals surface area contributed by atoms with E-state index in [2.05, 4.69) is 34.1 Å². The average Bonchev–Trinajstić information content (AvgIpc) is 3.17. The third-order valence-electron chi connectivity index (χ3n) is 6.33. The average molecular weight is 392 g/mol. The van der Waals surface area contributed by atoms with Gasteiger partial charge in [-0.15, -0.1) is 0 Å². The summed E-state index contributed by atoms with van der Waals surface area (Å²) >= 11 is 3.53. The van der Waals surface area contributed by atoms with Crippen LogP contribution in [0.25, 0.3) is 0 Å². The molecule has 4 unspecified atom stereocenters. The van der Waals surface area contributed by atoms with Gasteiger partial charge in [0.1, 0.15) is 0 Å². The topological polar surface area (TPSA) is 57.6 Å². The molecule has 1 aliphatic heterocycles. The van der Waals surface area contributed by atoms with Crippen LogP contribution >= 0.6 is 15.9 Å². The lowest BCUT2D eigenvalue weighted by Gasteiger charge is -2.37. The number of rotatable bonds is 2. The SMILES string of the molecule is CC1CCC(C(=O)O)CN1C(=O)C1CC12CCc1cc(Br)ccc12. The molecule has 1 aromatic rings. The van der Waals surface area contributed by atoms with Crippen LogP contribution in [-0.4, -0.2) is 34.5 Å². The number of carboxylic acids is 1. The maximum Gasteiger partial charge on any atom is 0.308 e. The fourth-order valence-electron chi connectivity index (χ4n) is 4.77. The minimum atomic E-state index is -0.777. The normalized spacial score (nSPS) is 34.2. The Hall–Kier alpha value is -1.36. The maximum atomic E-state index is 13.1. The van der Waals surface area contributed by atoms with Gasteiger partial charge in [0.2, 0.25) is 5.91 Å². The van der Waals surface area contributed by atoms with Gasteiger partial charge in [0.05, 0.1) is 5.92 Å². The van der Waals surface area contributed by atoms with Gasteiger partial charge >= 0.3 is 5.97 Å². The molecule has 1 aromatic carbocycles. The molecule has 4 atom stereocenters. The van der Waals surface area contributed by atoms with Gasteiger partial charge in [-0.25, -0.2) is 0 Å². The third-order valence-corrected chi connectivity index (χ3v) is 6.83. The Kier molecular flexibility index (Phi) is 3.75. The van der Waals surface area contributed by atoms with E-state index in [4.69, 9.17) is 0 Å². The summed E-state index contributed by atoms with van der Waals surface area (Å²) in [7, 11) is 0. The molecular weight excluding hydrogens is 370 g/mol. The van der Waals surface area contributed by atoms with Crippen molar-refractivity contribution in [3.63, 3.8) is 0 Å². The number of piperidine rings is 1. The highest BCUT2D eigenvalue weighted by molar-refractivity contribution is 9.10. The second kappa shape index (κ2) is 5.58. The van der Waals surface area contributed by atoms with Crippen molar-refractivity contribution in [2.75, 3.05) is 6.54 Å². The van der Waals surface area contributed by atoms with Crippen molar-refractivity contribution in [3.8, 4) is 0 Å². The predicted octanol–water partition coefficient (Wildman–Crippen LogP) is 3.36. The molecule has 1 N–H and O–H groups in total. The lowest BCUT2D eigenvalue weighted by molar-refractivity contribution is -0.147. The van der Waals surface area contributed by atoms with E-state index in [1.165, 1.54) is 11.1 Å². The lowest BCUT2D eigenvalue weighted by Crippen LogP contribution is -2.48. The van der Waals surface area contributed by atoms with Crippen molar-refractivity contribution >= 4 is 27.8 Å². The van der Waals surface area contributed by atoms with Crippen LogP contribution in [0.15, 0.2) is 22.7 Å². The van der Waals surface area contributed by atoms with E-state index in [1.54, 1.807) is 0 Å². The van der Waals surface area contributed by atoms with Crippen molar-refractivity contribution in [2.45, 2.75) is 50.5 Å². The second-order valence-corrected chi connectivity index (χ2v) is 8.58. The van der Waals surface area contributed by atoms with E-state index in [-0.39, 0.29) is 23.3 Å². The summed E-state index contributed by atoms with van der Waals surface area (Å²) in [5.41, 5.74) is 2.71. The zero-order chi connectivity index (χ0) is 17.1. The van der Waals surface area contributed by atoms with E-state index in [1.807, 2.05) is 11.8 Å². The summed E-state index contributed by atoms with van der Waals surface area (Å²) in [5, 5.41) is 9.30. The predicted molar refractivity (Wildman–Crippen MR) is 93.8 cm³/mol. The summed E-state index contributed by atoms with van der Waals surface area (Å²) in [5.74, 6) is -0.980. The smallest absolute Gasteiger partial charge is 0.308 e. The molecule has 1 saturated carbocycles. The largest absolute Gasteiger partial charge is 0.481 e. The Bertz CT molecular complexity index is 719. The van der Waals surface area contributed by atoms with Crippen LogP contribution in [0.4, 0.5) is 0 Å². The van der Waals surface area contributed by atoms with Gasteiger partial charge in [-0.2, -0.15) is 0 Å². The monoisotopic (exact) mass is 391 g/mol. The molecule has 1 heterocycles. The number of aliphatic carboxylic acids is 1. The fourth-order valence-corrected chi connectivity index (χ4v) is 5.17. The van der Waals surface area contributed by atoms with E-state index in [9.17, 15) is 14.7 Å². The molecule has 1 saturated heterocycles. The van der Waals surface area contributed by atoms with Crippen LogP contribution < -0.4 is 0 Å². The number of hydrogen-bond donors (Lipinski definition) is 1. The van der Waals surface area contributed by atoms with Crippen LogP contribution in [0.5, 0.6) is 0 Å². The summed E-state index contributed by atoms with van der Waals surface area (Å²) < 4.78 is 1.09. The molecule has 0 aromatic heterocycles. The molecule has 4 rings (SSSR count). The third kappa shape index (κ3) is 2.40. The zero-order valence-corrected chi connectivity index (χ0v) is 15.4. The minimum absolute atomic E-state index is 0.0169. The molecule has 24 heavy (non-hydrogen) atoms. The molecule has 0 bridgehead atoms. The first-order valence-electron chi connectivity index (χ1n) is 8.74. The quantitative estimate of drug-likeness (QED) is 0.840. The number of aryl methyl sites for hydroxylation is 1. The number of carbonyl (C=O) groups is 2. The molecule has 2 aliphatic carbocycles. The lowest BCUT2D eigenvalue weighted by atomic mass is 9.91. The molecule has 1 spiro atoms. The molecule has 3 aliphatic rings. The van der Waals surface area contributed by atoms with Crippen LogP contribution in [-0.2, 0) is 21.4 Å². The van der Waals surface area contributed by atoms with Crippen molar-refractivity contribution in [1.82, 2.24) is 4.90 Å². The summed E-state index contributed by atoms with van der Waals surface area (Å²) in [6, 6.07) is 6.56. The van der Waals surface area contributed by atoms with E-state index in [0.29, 0.717) is 13.0 Å². The number of carbonyl (C=O) groups excluding carboxylic acids is 1. The Morgan fingerprint density at radius 3 is 2.88 bits per heavy atom. The van der Waals surface area contributed by atoms with Crippen LogP contribution in [0.1, 0.15) is 43.7 Å². The Balaban J connectivity index is 1.54.